The zero-order chi connectivity index (χ0) is 19.1. The van der Waals surface area contributed by atoms with Crippen molar-refractivity contribution >= 4 is 22.5 Å². The molecule has 5 nitrogen and oxygen atoms in total. The van der Waals surface area contributed by atoms with Crippen molar-refractivity contribution in [1.82, 2.24) is 10.2 Å². The molecule has 0 aliphatic carbocycles. The van der Waals surface area contributed by atoms with E-state index in [1.54, 1.807) is 12.3 Å². The van der Waals surface area contributed by atoms with Crippen molar-refractivity contribution in [3.05, 3.63) is 53.7 Å². The number of carbonyl (C=O) groups excluding carboxylic acids is 1. The van der Waals surface area contributed by atoms with E-state index in [-0.39, 0.29) is 0 Å². The maximum Gasteiger partial charge on any atom is 0.248 e. The molecule has 1 aliphatic rings. The molecule has 3 aromatic rings. The summed E-state index contributed by atoms with van der Waals surface area (Å²) in [6.07, 6.45) is 4.16. The van der Waals surface area contributed by atoms with E-state index in [1.165, 1.54) is 12.8 Å². The summed E-state index contributed by atoms with van der Waals surface area (Å²) in [5.41, 5.74) is 9.13. The number of anilines is 1. The van der Waals surface area contributed by atoms with Crippen molar-refractivity contribution in [2.24, 2.45) is 5.73 Å². The van der Waals surface area contributed by atoms with Gasteiger partial charge in [-0.25, -0.2) is 0 Å². The van der Waals surface area contributed by atoms with Gasteiger partial charge in [0.2, 0.25) is 5.91 Å². The molecule has 1 aliphatic heterocycles. The van der Waals surface area contributed by atoms with Crippen LogP contribution in [0.2, 0.25) is 0 Å². The molecule has 138 valence electrons. The molecule has 4 rings (SSSR count). The van der Waals surface area contributed by atoms with Gasteiger partial charge in [-0.2, -0.15) is 5.10 Å². The normalized spacial score (nSPS) is 19.6. The molecular formula is C22H24N4O. The van der Waals surface area contributed by atoms with Crippen molar-refractivity contribution in [3.8, 4) is 11.1 Å². The number of amides is 1. The molecule has 2 heterocycles. The van der Waals surface area contributed by atoms with E-state index in [0.717, 1.165) is 33.3 Å². The Hall–Kier alpha value is -2.95. The van der Waals surface area contributed by atoms with Crippen LogP contribution in [0, 0.1) is 6.92 Å². The van der Waals surface area contributed by atoms with Gasteiger partial charge in [0.25, 0.3) is 0 Å². The number of fused-ring (bicyclic) bond motifs is 1. The number of carbonyl (C=O) groups is 1. The number of aryl methyl sites for hydroxylation is 1. The number of nitrogens with zero attached hydrogens (tertiary/aromatic N) is 3. The molecule has 27 heavy (non-hydrogen) atoms. The minimum Gasteiger partial charge on any atom is -0.366 e. The van der Waals surface area contributed by atoms with E-state index >= 15 is 0 Å². The van der Waals surface area contributed by atoms with Crippen LogP contribution in [0.1, 0.15) is 42.6 Å². The summed E-state index contributed by atoms with van der Waals surface area (Å²) in [5.74, 6) is 0.543. The molecular weight excluding hydrogens is 336 g/mol. The van der Waals surface area contributed by atoms with Crippen LogP contribution in [0.5, 0.6) is 0 Å². The Balaban J connectivity index is 1.83. The van der Waals surface area contributed by atoms with Crippen molar-refractivity contribution in [2.75, 3.05) is 4.90 Å². The molecule has 2 aromatic carbocycles. The Morgan fingerprint density at radius 3 is 2.56 bits per heavy atom. The molecule has 2 atom stereocenters. The number of primary amides is 1. The lowest BCUT2D eigenvalue weighted by molar-refractivity contribution is 0.100. The van der Waals surface area contributed by atoms with Crippen molar-refractivity contribution < 1.29 is 4.79 Å². The van der Waals surface area contributed by atoms with Gasteiger partial charge in [-0.15, -0.1) is 5.10 Å². The van der Waals surface area contributed by atoms with Gasteiger partial charge in [0.15, 0.2) is 5.82 Å². The molecule has 1 aromatic heterocycles. The molecule has 0 unspecified atom stereocenters. The Kier molecular flexibility index (Phi) is 4.30. The lowest BCUT2D eigenvalue weighted by atomic mass is 9.96. The Morgan fingerprint density at radius 2 is 1.85 bits per heavy atom. The summed E-state index contributed by atoms with van der Waals surface area (Å²) in [6.45, 7) is 6.53. The second-order valence-corrected chi connectivity index (χ2v) is 7.55. The fraction of sp³-hybridized carbons (Fsp3) is 0.318. The van der Waals surface area contributed by atoms with Gasteiger partial charge in [0.05, 0.1) is 6.20 Å². The SMILES string of the molecule is Cc1ccc(C(N)=O)cc1-c1ccc2c(N3[C@H](C)CC[C@H]3C)nncc2c1. The van der Waals surface area contributed by atoms with E-state index < -0.39 is 5.91 Å². The van der Waals surface area contributed by atoms with Gasteiger partial charge < -0.3 is 10.6 Å². The van der Waals surface area contributed by atoms with Crippen LogP contribution >= 0.6 is 0 Å². The van der Waals surface area contributed by atoms with Crippen molar-refractivity contribution in [3.63, 3.8) is 0 Å². The van der Waals surface area contributed by atoms with Gasteiger partial charge in [0, 0.05) is 28.4 Å². The Labute approximate surface area is 159 Å². The number of nitrogens with two attached hydrogens (primary N) is 1. The first-order valence-corrected chi connectivity index (χ1v) is 9.40. The number of hydrogen-bond acceptors (Lipinski definition) is 4. The minimum absolute atomic E-state index is 0.415. The van der Waals surface area contributed by atoms with Crippen molar-refractivity contribution in [2.45, 2.75) is 45.7 Å². The first-order valence-electron chi connectivity index (χ1n) is 9.40. The van der Waals surface area contributed by atoms with Crippen LogP contribution in [0.3, 0.4) is 0 Å². The van der Waals surface area contributed by atoms with E-state index in [0.29, 0.717) is 17.6 Å². The number of benzene rings is 2. The highest BCUT2D eigenvalue weighted by atomic mass is 16.1. The fourth-order valence-corrected chi connectivity index (χ4v) is 4.13. The average molecular weight is 360 g/mol. The minimum atomic E-state index is -0.415. The van der Waals surface area contributed by atoms with Gasteiger partial charge >= 0.3 is 0 Å². The molecule has 2 N–H and O–H groups in total. The quantitative estimate of drug-likeness (QED) is 0.764. The molecule has 1 fully saturated rings. The molecule has 0 spiro atoms. The van der Waals surface area contributed by atoms with Crippen LogP contribution in [0.4, 0.5) is 5.82 Å². The Bertz CT molecular complexity index is 1020. The summed E-state index contributed by atoms with van der Waals surface area (Å²) in [7, 11) is 0. The van der Waals surface area contributed by atoms with Gasteiger partial charge in [0.1, 0.15) is 0 Å². The standard InChI is InChI=1S/C22H24N4O/c1-13-4-7-17(21(23)27)11-20(13)16-8-9-19-18(10-16)12-24-25-22(19)26-14(2)5-6-15(26)3/h4,7-12,14-15H,5-6H2,1-3H3,(H2,23,27)/t14-,15-/m1/s1. The van der Waals surface area contributed by atoms with Crippen LogP contribution in [-0.4, -0.2) is 28.2 Å². The smallest absolute Gasteiger partial charge is 0.248 e. The summed E-state index contributed by atoms with van der Waals surface area (Å²) < 4.78 is 0. The first kappa shape index (κ1) is 17.5. The summed E-state index contributed by atoms with van der Waals surface area (Å²) in [5, 5.41) is 10.9. The first-order chi connectivity index (χ1) is 13.0. The third-order valence-electron chi connectivity index (χ3n) is 5.67. The average Bonchev–Trinajstić information content (AvgIpc) is 2.99. The maximum atomic E-state index is 11.6. The lowest BCUT2D eigenvalue weighted by Gasteiger charge is -2.28. The molecule has 1 amide bonds. The highest BCUT2D eigenvalue weighted by Gasteiger charge is 2.29. The van der Waals surface area contributed by atoms with E-state index in [2.05, 4.69) is 47.1 Å². The second-order valence-electron chi connectivity index (χ2n) is 7.55. The molecule has 5 heteroatoms. The zero-order valence-corrected chi connectivity index (χ0v) is 15.9. The molecule has 0 radical (unpaired) electrons. The van der Waals surface area contributed by atoms with Gasteiger partial charge in [-0.1, -0.05) is 12.1 Å². The van der Waals surface area contributed by atoms with Crippen LogP contribution in [0.15, 0.2) is 42.6 Å². The van der Waals surface area contributed by atoms with E-state index in [1.807, 2.05) is 19.1 Å². The largest absolute Gasteiger partial charge is 0.366 e. The number of hydrogen-bond donors (Lipinski definition) is 1. The maximum absolute atomic E-state index is 11.6. The van der Waals surface area contributed by atoms with Crippen molar-refractivity contribution in [1.29, 1.82) is 0 Å². The fourth-order valence-electron chi connectivity index (χ4n) is 4.13. The van der Waals surface area contributed by atoms with Crippen LogP contribution in [-0.2, 0) is 0 Å². The van der Waals surface area contributed by atoms with E-state index in [9.17, 15) is 4.79 Å². The van der Waals surface area contributed by atoms with Crippen LogP contribution in [0.25, 0.3) is 21.9 Å². The third-order valence-corrected chi connectivity index (χ3v) is 5.67. The predicted molar refractivity (Wildman–Crippen MR) is 109 cm³/mol. The topological polar surface area (TPSA) is 72.1 Å². The lowest BCUT2D eigenvalue weighted by Crippen LogP contribution is -2.33. The highest BCUT2D eigenvalue weighted by Crippen LogP contribution is 2.35. The van der Waals surface area contributed by atoms with E-state index in [4.69, 9.17) is 5.73 Å². The molecule has 1 saturated heterocycles. The van der Waals surface area contributed by atoms with Gasteiger partial charge in [-0.3, -0.25) is 4.79 Å². The summed E-state index contributed by atoms with van der Waals surface area (Å²) in [4.78, 5) is 13.9. The monoisotopic (exact) mass is 360 g/mol. The van der Waals surface area contributed by atoms with Gasteiger partial charge in [-0.05, 0) is 74.6 Å². The Morgan fingerprint density at radius 1 is 1.11 bits per heavy atom. The predicted octanol–water partition coefficient (Wildman–Crippen LogP) is 4.08. The van der Waals surface area contributed by atoms with Crippen LogP contribution < -0.4 is 10.6 Å². The third kappa shape index (κ3) is 3.03. The molecule has 0 saturated carbocycles. The number of rotatable bonds is 3. The number of aromatic nitrogens is 2. The summed E-state index contributed by atoms with van der Waals surface area (Å²) in [6, 6.07) is 12.8. The highest BCUT2D eigenvalue weighted by molar-refractivity contribution is 5.97. The summed E-state index contributed by atoms with van der Waals surface area (Å²) >= 11 is 0. The second kappa shape index (κ2) is 6.65. The zero-order valence-electron chi connectivity index (χ0n) is 15.9. The molecule has 0 bridgehead atoms.